The highest BCUT2D eigenvalue weighted by atomic mass is 16.6. The van der Waals surface area contributed by atoms with Crippen LogP contribution in [0.1, 0.15) is 59.8 Å². The Labute approximate surface area is 120 Å². The Hall–Kier alpha value is -1.26. The van der Waals surface area contributed by atoms with Gasteiger partial charge in [-0.2, -0.15) is 0 Å². The Morgan fingerprint density at radius 2 is 1.85 bits per heavy atom. The summed E-state index contributed by atoms with van der Waals surface area (Å²) in [5, 5.41) is 9.78. The topological polar surface area (TPSA) is 66.8 Å². The van der Waals surface area contributed by atoms with Gasteiger partial charge < -0.3 is 9.84 Å². The molecule has 0 aromatic rings. The average molecular weight is 283 g/mol. The summed E-state index contributed by atoms with van der Waals surface area (Å²) < 4.78 is 5.46. The van der Waals surface area contributed by atoms with E-state index in [1.807, 2.05) is 27.7 Å². The number of carbonyl (C=O) groups excluding carboxylic acids is 1. The monoisotopic (exact) mass is 283 g/mol. The van der Waals surface area contributed by atoms with Gasteiger partial charge in [0.2, 0.25) is 0 Å². The number of hydrogen-bond acceptors (Lipinski definition) is 3. The molecule has 114 valence electrons. The molecule has 0 aliphatic heterocycles. The van der Waals surface area contributed by atoms with Crippen molar-refractivity contribution in [3.8, 4) is 0 Å². The van der Waals surface area contributed by atoms with Crippen molar-refractivity contribution >= 4 is 12.1 Å². The lowest BCUT2D eigenvalue weighted by Gasteiger charge is -2.41. The van der Waals surface area contributed by atoms with Gasteiger partial charge in [0.05, 0.1) is 0 Å². The molecule has 1 N–H and O–H groups in total. The van der Waals surface area contributed by atoms with Crippen LogP contribution < -0.4 is 0 Å². The molecule has 20 heavy (non-hydrogen) atoms. The third kappa shape index (κ3) is 2.63. The maximum absolute atomic E-state index is 12.5. The minimum Gasteiger partial charge on any atom is -0.479 e. The quantitative estimate of drug-likeness (QED) is 0.864. The maximum atomic E-state index is 12.5. The van der Waals surface area contributed by atoms with E-state index in [9.17, 15) is 14.7 Å². The Balaban J connectivity index is 2.31. The second kappa shape index (κ2) is 4.93. The van der Waals surface area contributed by atoms with Crippen LogP contribution in [-0.4, -0.2) is 39.3 Å². The van der Waals surface area contributed by atoms with Gasteiger partial charge in [0.1, 0.15) is 11.1 Å². The summed E-state index contributed by atoms with van der Waals surface area (Å²) in [5.74, 6) is -0.923. The fraction of sp³-hybridized carbons (Fsp3) is 0.867. The number of carbonyl (C=O) groups is 2. The lowest BCUT2D eigenvalue weighted by Crippen LogP contribution is -2.60. The SMILES string of the molecule is CC1CCCC1(C(=O)O)N(C(=O)OC(C)(C)C)C1CC1. The van der Waals surface area contributed by atoms with E-state index >= 15 is 0 Å². The van der Waals surface area contributed by atoms with E-state index in [1.165, 1.54) is 4.90 Å². The molecule has 2 saturated carbocycles. The van der Waals surface area contributed by atoms with Gasteiger partial charge in [-0.25, -0.2) is 9.59 Å². The molecule has 2 aliphatic carbocycles. The molecule has 2 rings (SSSR count). The second-order valence-corrected chi connectivity index (χ2v) is 7.10. The van der Waals surface area contributed by atoms with E-state index in [0.29, 0.717) is 6.42 Å². The fourth-order valence-corrected chi connectivity index (χ4v) is 3.22. The Bertz CT molecular complexity index is 411. The zero-order chi connectivity index (χ0) is 15.1. The van der Waals surface area contributed by atoms with E-state index in [0.717, 1.165) is 25.7 Å². The summed E-state index contributed by atoms with van der Waals surface area (Å²) in [5.41, 5.74) is -1.69. The summed E-state index contributed by atoms with van der Waals surface area (Å²) >= 11 is 0. The van der Waals surface area contributed by atoms with Crippen LogP contribution in [0.3, 0.4) is 0 Å². The number of hydrogen-bond donors (Lipinski definition) is 1. The summed E-state index contributed by atoms with van der Waals surface area (Å²) in [6.07, 6.45) is 3.50. The minimum absolute atomic E-state index is 0.0292. The van der Waals surface area contributed by atoms with Gasteiger partial charge in [0, 0.05) is 6.04 Å². The number of nitrogens with zero attached hydrogens (tertiary/aromatic N) is 1. The molecule has 1 amide bonds. The van der Waals surface area contributed by atoms with E-state index in [2.05, 4.69) is 0 Å². The largest absolute Gasteiger partial charge is 0.479 e. The van der Waals surface area contributed by atoms with Crippen molar-refractivity contribution < 1.29 is 19.4 Å². The first kappa shape index (κ1) is 15.1. The van der Waals surface area contributed by atoms with Crippen molar-refractivity contribution in [2.24, 2.45) is 5.92 Å². The van der Waals surface area contributed by atoms with Crippen molar-refractivity contribution in [3.05, 3.63) is 0 Å². The second-order valence-electron chi connectivity index (χ2n) is 7.10. The molecule has 2 fully saturated rings. The van der Waals surface area contributed by atoms with E-state index in [4.69, 9.17) is 4.74 Å². The Morgan fingerprint density at radius 1 is 1.25 bits per heavy atom. The molecule has 5 nitrogen and oxygen atoms in total. The summed E-state index contributed by atoms with van der Waals surface area (Å²) in [6.45, 7) is 7.35. The van der Waals surface area contributed by atoms with Crippen LogP contribution in [-0.2, 0) is 9.53 Å². The van der Waals surface area contributed by atoms with Crippen LogP contribution in [0.2, 0.25) is 0 Å². The highest BCUT2D eigenvalue weighted by Crippen LogP contribution is 2.46. The van der Waals surface area contributed by atoms with Gasteiger partial charge in [-0.3, -0.25) is 4.90 Å². The Kier molecular flexibility index (Phi) is 3.73. The third-order valence-electron chi connectivity index (χ3n) is 4.31. The molecule has 0 saturated heterocycles. The first-order chi connectivity index (χ1) is 9.18. The van der Waals surface area contributed by atoms with Crippen LogP contribution in [0.15, 0.2) is 0 Å². The fourth-order valence-electron chi connectivity index (χ4n) is 3.22. The van der Waals surface area contributed by atoms with Crippen molar-refractivity contribution in [2.75, 3.05) is 0 Å². The maximum Gasteiger partial charge on any atom is 0.411 e. The van der Waals surface area contributed by atoms with E-state index < -0.39 is 23.2 Å². The first-order valence-corrected chi connectivity index (χ1v) is 7.44. The van der Waals surface area contributed by atoms with Gasteiger partial charge in [-0.15, -0.1) is 0 Å². The van der Waals surface area contributed by atoms with E-state index in [1.54, 1.807) is 0 Å². The van der Waals surface area contributed by atoms with Gasteiger partial charge in [0.15, 0.2) is 0 Å². The van der Waals surface area contributed by atoms with Gasteiger partial charge in [-0.05, 0) is 52.4 Å². The summed E-state index contributed by atoms with van der Waals surface area (Å²) in [4.78, 5) is 26.0. The molecule has 0 spiro atoms. The predicted octanol–water partition coefficient (Wildman–Crippen LogP) is 3.03. The van der Waals surface area contributed by atoms with Crippen molar-refractivity contribution in [2.45, 2.75) is 77.0 Å². The molecule has 0 heterocycles. The average Bonchev–Trinajstić information content (AvgIpc) is 3.01. The van der Waals surface area contributed by atoms with Crippen molar-refractivity contribution in [3.63, 3.8) is 0 Å². The molecule has 2 aliphatic rings. The van der Waals surface area contributed by atoms with Crippen LogP contribution >= 0.6 is 0 Å². The molecule has 2 atom stereocenters. The molecule has 0 radical (unpaired) electrons. The molecular weight excluding hydrogens is 258 g/mol. The zero-order valence-corrected chi connectivity index (χ0v) is 12.8. The number of carboxylic acid groups (broad SMARTS) is 1. The van der Waals surface area contributed by atoms with Crippen LogP contribution in [0.5, 0.6) is 0 Å². The highest BCUT2D eigenvalue weighted by molar-refractivity contribution is 5.85. The van der Waals surface area contributed by atoms with Crippen molar-refractivity contribution in [1.82, 2.24) is 4.90 Å². The number of ether oxygens (including phenoxy) is 1. The zero-order valence-electron chi connectivity index (χ0n) is 12.8. The first-order valence-electron chi connectivity index (χ1n) is 7.44. The molecule has 0 aromatic carbocycles. The third-order valence-corrected chi connectivity index (χ3v) is 4.31. The predicted molar refractivity (Wildman–Crippen MR) is 74.5 cm³/mol. The number of rotatable bonds is 3. The molecular formula is C15H25NO4. The van der Waals surface area contributed by atoms with E-state index in [-0.39, 0.29) is 12.0 Å². The number of carboxylic acids is 1. The lowest BCUT2D eigenvalue weighted by atomic mass is 9.86. The summed E-state index contributed by atoms with van der Waals surface area (Å²) in [7, 11) is 0. The minimum atomic E-state index is -1.08. The van der Waals surface area contributed by atoms with Crippen molar-refractivity contribution in [1.29, 1.82) is 0 Å². The highest BCUT2D eigenvalue weighted by Gasteiger charge is 2.58. The smallest absolute Gasteiger partial charge is 0.411 e. The normalized spacial score (nSPS) is 30.1. The lowest BCUT2D eigenvalue weighted by molar-refractivity contribution is -0.154. The van der Waals surface area contributed by atoms with Gasteiger partial charge in [0.25, 0.3) is 0 Å². The molecule has 5 heteroatoms. The van der Waals surface area contributed by atoms with Crippen LogP contribution in [0.25, 0.3) is 0 Å². The van der Waals surface area contributed by atoms with Crippen LogP contribution in [0, 0.1) is 5.92 Å². The molecule has 0 bridgehead atoms. The molecule has 2 unspecified atom stereocenters. The number of aliphatic carboxylic acids is 1. The van der Waals surface area contributed by atoms with Gasteiger partial charge in [-0.1, -0.05) is 13.3 Å². The van der Waals surface area contributed by atoms with Gasteiger partial charge >= 0.3 is 12.1 Å². The summed E-state index contributed by atoms with van der Waals surface area (Å²) in [6, 6.07) is 0.0292. The standard InChI is InChI=1S/C15H25NO4/c1-10-6-5-9-15(10,12(17)18)16(11-7-8-11)13(19)20-14(2,3)4/h10-11H,5-9H2,1-4H3,(H,17,18). The molecule has 0 aromatic heterocycles. The number of amides is 1. The Morgan fingerprint density at radius 3 is 2.20 bits per heavy atom. The van der Waals surface area contributed by atoms with Crippen LogP contribution in [0.4, 0.5) is 4.79 Å².